The third-order valence-corrected chi connectivity index (χ3v) is 4.26. The zero-order chi connectivity index (χ0) is 16.3. The van der Waals surface area contributed by atoms with Gasteiger partial charge in [-0.15, -0.1) is 0 Å². The number of amides is 1. The van der Waals surface area contributed by atoms with Crippen molar-refractivity contribution in [2.45, 2.75) is 33.6 Å². The lowest BCUT2D eigenvalue weighted by Gasteiger charge is -2.26. The first kappa shape index (κ1) is 16.3. The van der Waals surface area contributed by atoms with E-state index < -0.39 is 0 Å². The van der Waals surface area contributed by atoms with E-state index in [1.54, 1.807) is 4.90 Å². The van der Waals surface area contributed by atoms with Crippen molar-refractivity contribution in [2.75, 3.05) is 13.6 Å². The van der Waals surface area contributed by atoms with Gasteiger partial charge in [0.25, 0.3) is 0 Å². The Kier molecular flexibility index (Phi) is 5.02. The summed E-state index contributed by atoms with van der Waals surface area (Å²) in [6.07, 6.45) is 0. The van der Waals surface area contributed by atoms with E-state index in [4.69, 9.17) is 0 Å². The number of rotatable bonds is 4. The minimum atomic E-state index is -0.230. The Morgan fingerprint density at radius 1 is 1.05 bits per heavy atom. The first-order valence-electron chi connectivity index (χ1n) is 7.83. The molecule has 2 aromatic rings. The molecule has 1 amide bonds. The minimum Gasteiger partial charge on any atom is -0.345 e. The number of benzene rings is 2. The largest absolute Gasteiger partial charge is 0.345 e. The van der Waals surface area contributed by atoms with Gasteiger partial charge in [0.15, 0.2) is 0 Å². The molecule has 0 bridgehead atoms. The van der Waals surface area contributed by atoms with Crippen LogP contribution in [0, 0.1) is 20.8 Å². The highest BCUT2D eigenvalue weighted by Crippen LogP contribution is 2.32. The molecule has 1 unspecified atom stereocenters. The van der Waals surface area contributed by atoms with Crippen LogP contribution in [0.5, 0.6) is 0 Å². The molecule has 2 heteroatoms. The van der Waals surface area contributed by atoms with Gasteiger partial charge in [-0.3, -0.25) is 4.79 Å². The fraction of sp³-hybridized carbons (Fsp3) is 0.350. The van der Waals surface area contributed by atoms with E-state index in [1.165, 1.54) is 16.7 Å². The molecule has 0 aromatic heterocycles. The third-order valence-electron chi connectivity index (χ3n) is 4.26. The summed E-state index contributed by atoms with van der Waals surface area (Å²) in [5, 5.41) is 0. The molecule has 2 nitrogen and oxygen atoms in total. The molecule has 0 radical (unpaired) electrons. The van der Waals surface area contributed by atoms with Crippen molar-refractivity contribution < 1.29 is 4.79 Å². The smallest absolute Gasteiger partial charge is 0.234 e. The van der Waals surface area contributed by atoms with Crippen LogP contribution in [0.15, 0.2) is 42.5 Å². The molecule has 1 atom stereocenters. The maximum Gasteiger partial charge on any atom is 0.234 e. The Morgan fingerprint density at radius 3 is 2.09 bits per heavy atom. The highest BCUT2D eigenvalue weighted by Gasteiger charge is 2.27. The monoisotopic (exact) mass is 295 g/mol. The van der Waals surface area contributed by atoms with Crippen LogP contribution in [-0.2, 0) is 4.79 Å². The van der Waals surface area contributed by atoms with Gasteiger partial charge in [-0.05, 0) is 49.9 Å². The normalized spacial score (nSPS) is 12.0. The summed E-state index contributed by atoms with van der Waals surface area (Å²) in [5.74, 6) is -0.0736. The van der Waals surface area contributed by atoms with Crippen LogP contribution in [0.2, 0.25) is 0 Å². The maximum atomic E-state index is 13.0. The summed E-state index contributed by atoms with van der Waals surface area (Å²) in [6.45, 7) is 9.03. The third kappa shape index (κ3) is 3.22. The Bertz CT molecular complexity index is 638. The Labute approximate surface area is 133 Å². The van der Waals surface area contributed by atoms with Gasteiger partial charge < -0.3 is 4.90 Å². The Hall–Kier alpha value is -2.09. The van der Waals surface area contributed by atoms with Gasteiger partial charge in [-0.1, -0.05) is 48.0 Å². The second kappa shape index (κ2) is 6.78. The van der Waals surface area contributed by atoms with Crippen LogP contribution in [0.3, 0.4) is 0 Å². The SMILES string of the molecule is CCN(C)C(=O)C(c1ccccc1)c1c(C)cc(C)cc1C. The van der Waals surface area contributed by atoms with E-state index >= 15 is 0 Å². The molecule has 0 fully saturated rings. The molecular weight excluding hydrogens is 270 g/mol. The molecular formula is C20H25NO. The molecule has 0 saturated heterocycles. The van der Waals surface area contributed by atoms with Crippen LogP contribution < -0.4 is 0 Å². The molecule has 0 spiro atoms. The predicted molar refractivity (Wildman–Crippen MR) is 92.2 cm³/mol. The number of hydrogen-bond acceptors (Lipinski definition) is 1. The van der Waals surface area contributed by atoms with Crippen molar-refractivity contribution in [3.8, 4) is 0 Å². The molecule has 2 aromatic carbocycles. The first-order valence-corrected chi connectivity index (χ1v) is 7.83. The topological polar surface area (TPSA) is 20.3 Å². The van der Waals surface area contributed by atoms with E-state index in [9.17, 15) is 4.79 Å². The zero-order valence-corrected chi connectivity index (χ0v) is 14.2. The van der Waals surface area contributed by atoms with Crippen LogP contribution in [0.4, 0.5) is 0 Å². The first-order chi connectivity index (χ1) is 10.5. The van der Waals surface area contributed by atoms with Crippen molar-refractivity contribution in [1.29, 1.82) is 0 Å². The van der Waals surface area contributed by atoms with E-state index in [-0.39, 0.29) is 11.8 Å². The Morgan fingerprint density at radius 2 is 1.59 bits per heavy atom. The number of aryl methyl sites for hydroxylation is 3. The second-order valence-corrected chi connectivity index (χ2v) is 6.01. The predicted octanol–water partition coefficient (Wildman–Crippen LogP) is 4.22. The van der Waals surface area contributed by atoms with Crippen molar-refractivity contribution in [3.05, 3.63) is 70.3 Å². The average molecular weight is 295 g/mol. The number of likely N-dealkylation sites (N-methyl/N-ethyl adjacent to an activating group) is 1. The summed E-state index contributed by atoms with van der Waals surface area (Å²) in [5.41, 5.74) is 5.81. The lowest BCUT2D eigenvalue weighted by atomic mass is 9.84. The van der Waals surface area contributed by atoms with Crippen LogP contribution in [0.25, 0.3) is 0 Å². The fourth-order valence-electron chi connectivity index (χ4n) is 3.10. The van der Waals surface area contributed by atoms with Crippen LogP contribution in [-0.4, -0.2) is 24.4 Å². The van der Waals surface area contributed by atoms with Gasteiger partial charge in [-0.2, -0.15) is 0 Å². The molecule has 0 heterocycles. The molecule has 0 aliphatic carbocycles. The summed E-state index contributed by atoms with van der Waals surface area (Å²) < 4.78 is 0. The second-order valence-electron chi connectivity index (χ2n) is 6.01. The molecule has 22 heavy (non-hydrogen) atoms. The molecule has 0 saturated carbocycles. The highest BCUT2D eigenvalue weighted by atomic mass is 16.2. The average Bonchev–Trinajstić information content (AvgIpc) is 2.50. The van der Waals surface area contributed by atoms with Crippen LogP contribution in [0.1, 0.15) is 40.7 Å². The van der Waals surface area contributed by atoms with Gasteiger partial charge in [-0.25, -0.2) is 0 Å². The zero-order valence-electron chi connectivity index (χ0n) is 14.2. The van der Waals surface area contributed by atoms with E-state index in [0.717, 1.165) is 11.1 Å². The van der Waals surface area contributed by atoms with Gasteiger partial charge in [0.2, 0.25) is 5.91 Å². The van der Waals surface area contributed by atoms with Gasteiger partial charge in [0.1, 0.15) is 0 Å². The summed E-state index contributed by atoms with van der Waals surface area (Å²) in [6, 6.07) is 14.4. The van der Waals surface area contributed by atoms with Crippen molar-refractivity contribution >= 4 is 5.91 Å². The fourth-order valence-corrected chi connectivity index (χ4v) is 3.10. The molecule has 116 valence electrons. The molecule has 0 aliphatic heterocycles. The van der Waals surface area contributed by atoms with E-state index in [2.05, 4.69) is 32.9 Å². The van der Waals surface area contributed by atoms with Crippen LogP contribution >= 0.6 is 0 Å². The lowest BCUT2D eigenvalue weighted by molar-refractivity contribution is -0.130. The summed E-state index contributed by atoms with van der Waals surface area (Å²) >= 11 is 0. The highest BCUT2D eigenvalue weighted by molar-refractivity contribution is 5.88. The molecule has 0 N–H and O–H groups in total. The van der Waals surface area contributed by atoms with Gasteiger partial charge >= 0.3 is 0 Å². The van der Waals surface area contributed by atoms with Crippen molar-refractivity contribution in [3.63, 3.8) is 0 Å². The minimum absolute atomic E-state index is 0.156. The van der Waals surface area contributed by atoms with E-state index in [0.29, 0.717) is 6.54 Å². The lowest BCUT2D eigenvalue weighted by Crippen LogP contribution is -2.32. The molecule has 0 aliphatic rings. The van der Waals surface area contributed by atoms with Gasteiger partial charge in [0.05, 0.1) is 5.92 Å². The van der Waals surface area contributed by atoms with E-state index in [1.807, 2.05) is 44.3 Å². The number of hydrogen-bond donors (Lipinski definition) is 0. The number of nitrogens with zero attached hydrogens (tertiary/aromatic N) is 1. The maximum absolute atomic E-state index is 13.0. The van der Waals surface area contributed by atoms with Crippen molar-refractivity contribution in [2.24, 2.45) is 0 Å². The number of carbonyl (C=O) groups excluding carboxylic acids is 1. The molecule has 2 rings (SSSR count). The quantitative estimate of drug-likeness (QED) is 0.827. The number of carbonyl (C=O) groups is 1. The standard InChI is InChI=1S/C20H25NO/c1-6-21(5)20(22)19(17-10-8-7-9-11-17)18-15(3)12-14(2)13-16(18)4/h7-13,19H,6H2,1-5H3. The van der Waals surface area contributed by atoms with Gasteiger partial charge in [0, 0.05) is 13.6 Å². The Balaban J connectivity index is 2.62. The summed E-state index contributed by atoms with van der Waals surface area (Å²) in [4.78, 5) is 14.8. The summed E-state index contributed by atoms with van der Waals surface area (Å²) in [7, 11) is 1.87. The van der Waals surface area contributed by atoms with Crippen molar-refractivity contribution in [1.82, 2.24) is 4.90 Å².